The van der Waals surface area contributed by atoms with Gasteiger partial charge in [0.2, 0.25) is 11.8 Å². The number of nitrogens with one attached hydrogen (secondary N) is 1. The minimum Gasteiger partial charge on any atom is -0.356 e. The molecule has 1 atom stereocenters. The van der Waals surface area contributed by atoms with E-state index in [1.54, 1.807) is 11.8 Å². The van der Waals surface area contributed by atoms with Gasteiger partial charge in [-0.1, -0.05) is 37.3 Å². The van der Waals surface area contributed by atoms with Crippen molar-refractivity contribution in [2.75, 3.05) is 19.6 Å². The molecule has 1 heterocycles. The number of rotatable bonds is 5. The van der Waals surface area contributed by atoms with Gasteiger partial charge >= 0.3 is 0 Å². The van der Waals surface area contributed by atoms with E-state index in [4.69, 9.17) is 5.73 Å². The zero-order chi connectivity index (χ0) is 16.9. The molecule has 6 heteroatoms. The first-order chi connectivity index (χ1) is 11.0. The number of nitrogens with two attached hydrogens (primary N) is 1. The summed E-state index contributed by atoms with van der Waals surface area (Å²) in [5.74, 6) is 0.0417. The van der Waals surface area contributed by atoms with Gasteiger partial charge in [0.15, 0.2) is 0 Å². The van der Waals surface area contributed by atoms with Crippen molar-refractivity contribution in [3.63, 3.8) is 0 Å². The Morgan fingerprint density at radius 1 is 1.25 bits per heavy atom. The minimum absolute atomic E-state index is 0. The van der Waals surface area contributed by atoms with Crippen LogP contribution in [0, 0.1) is 5.92 Å². The maximum Gasteiger partial charge on any atom is 0.246 e. The summed E-state index contributed by atoms with van der Waals surface area (Å²) in [5, 5.41) is 2.94. The average molecular weight is 354 g/mol. The molecule has 1 aromatic rings. The van der Waals surface area contributed by atoms with Gasteiger partial charge in [-0.05, 0) is 31.7 Å². The van der Waals surface area contributed by atoms with Gasteiger partial charge in [0.25, 0.3) is 0 Å². The van der Waals surface area contributed by atoms with Crippen LogP contribution in [0.5, 0.6) is 0 Å². The molecule has 3 N–H and O–H groups in total. The Balaban J connectivity index is 0.00000288. The van der Waals surface area contributed by atoms with Crippen LogP contribution < -0.4 is 11.1 Å². The number of halogens is 1. The molecule has 1 unspecified atom stereocenters. The Morgan fingerprint density at radius 2 is 1.83 bits per heavy atom. The number of piperidine rings is 1. The van der Waals surface area contributed by atoms with Gasteiger partial charge in [-0.3, -0.25) is 9.59 Å². The van der Waals surface area contributed by atoms with E-state index >= 15 is 0 Å². The standard InChI is InChI=1S/C18H27N3O2.ClH/c1-3-11-20-16(22)14-9-12-21(13-10-14)17(23)18(2,19)15-7-5-4-6-8-15;/h4-8,14H,3,9-13,19H2,1-2H3,(H,20,22);1H. The van der Waals surface area contributed by atoms with Crippen LogP contribution in [0.4, 0.5) is 0 Å². The predicted molar refractivity (Wildman–Crippen MR) is 97.8 cm³/mol. The first-order valence-electron chi connectivity index (χ1n) is 8.38. The maximum absolute atomic E-state index is 12.8. The van der Waals surface area contributed by atoms with Gasteiger partial charge < -0.3 is 16.0 Å². The zero-order valence-electron chi connectivity index (χ0n) is 14.5. The van der Waals surface area contributed by atoms with E-state index < -0.39 is 5.54 Å². The second-order valence-electron chi connectivity index (χ2n) is 6.43. The number of carbonyl (C=O) groups excluding carboxylic acids is 2. The number of hydrogen-bond acceptors (Lipinski definition) is 3. The lowest BCUT2D eigenvalue weighted by Gasteiger charge is -2.36. The number of hydrogen-bond donors (Lipinski definition) is 2. The van der Waals surface area contributed by atoms with Crippen LogP contribution in [0.1, 0.15) is 38.7 Å². The number of carbonyl (C=O) groups is 2. The van der Waals surface area contributed by atoms with Crippen molar-refractivity contribution in [1.82, 2.24) is 10.2 Å². The molecule has 2 amide bonds. The van der Waals surface area contributed by atoms with Crippen LogP contribution in [0.25, 0.3) is 0 Å². The fraction of sp³-hybridized carbons (Fsp3) is 0.556. The van der Waals surface area contributed by atoms with Crippen molar-refractivity contribution >= 4 is 24.2 Å². The number of likely N-dealkylation sites (tertiary alicyclic amines) is 1. The quantitative estimate of drug-likeness (QED) is 0.850. The fourth-order valence-corrected chi connectivity index (χ4v) is 2.97. The van der Waals surface area contributed by atoms with E-state index in [0.717, 1.165) is 12.0 Å². The van der Waals surface area contributed by atoms with Gasteiger partial charge in [-0.15, -0.1) is 12.4 Å². The summed E-state index contributed by atoms with van der Waals surface area (Å²) in [6.07, 6.45) is 2.34. The Kier molecular flexibility index (Phi) is 7.70. The van der Waals surface area contributed by atoms with E-state index in [0.29, 0.717) is 32.5 Å². The number of benzene rings is 1. The molecule has 0 radical (unpaired) electrons. The van der Waals surface area contributed by atoms with Crippen molar-refractivity contribution in [1.29, 1.82) is 0 Å². The van der Waals surface area contributed by atoms with Crippen LogP contribution in [0.2, 0.25) is 0 Å². The SMILES string of the molecule is CCCNC(=O)C1CCN(C(=O)C(C)(N)c2ccccc2)CC1.Cl. The molecule has 1 fully saturated rings. The third-order valence-corrected chi connectivity index (χ3v) is 4.52. The van der Waals surface area contributed by atoms with Gasteiger partial charge in [0, 0.05) is 25.6 Å². The molecule has 2 rings (SSSR count). The van der Waals surface area contributed by atoms with Crippen molar-refractivity contribution in [2.24, 2.45) is 11.7 Å². The summed E-state index contributed by atoms with van der Waals surface area (Å²) < 4.78 is 0. The van der Waals surface area contributed by atoms with Crippen LogP contribution in [0.3, 0.4) is 0 Å². The van der Waals surface area contributed by atoms with Crippen molar-refractivity contribution < 1.29 is 9.59 Å². The highest BCUT2D eigenvalue weighted by atomic mass is 35.5. The highest BCUT2D eigenvalue weighted by Crippen LogP contribution is 2.24. The summed E-state index contributed by atoms with van der Waals surface area (Å²) in [6.45, 7) is 5.68. The van der Waals surface area contributed by atoms with Gasteiger partial charge in [0.1, 0.15) is 5.54 Å². The van der Waals surface area contributed by atoms with E-state index in [-0.39, 0.29) is 30.1 Å². The lowest BCUT2D eigenvalue weighted by molar-refractivity contribution is -0.140. The molecule has 1 aliphatic heterocycles. The summed E-state index contributed by atoms with van der Waals surface area (Å²) >= 11 is 0. The molecule has 24 heavy (non-hydrogen) atoms. The summed E-state index contributed by atoms with van der Waals surface area (Å²) in [5.41, 5.74) is 6.09. The lowest BCUT2D eigenvalue weighted by atomic mass is 9.89. The van der Waals surface area contributed by atoms with E-state index in [9.17, 15) is 9.59 Å². The first kappa shape index (κ1) is 20.5. The van der Waals surface area contributed by atoms with Gasteiger partial charge in [-0.25, -0.2) is 0 Å². The summed E-state index contributed by atoms with van der Waals surface area (Å²) in [6, 6.07) is 9.44. The maximum atomic E-state index is 12.8. The predicted octanol–water partition coefficient (Wildman–Crippen LogP) is 2.05. The second-order valence-corrected chi connectivity index (χ2v) is 6.43. The third kappa shape index (κ3) is 4.71. The first-order valence-corrected chi connectivity index (χ1v) is 8.38. The van der Waals surface area contributed by atoms with E-state index in [2.05, 4.69) is 5.32 Å². The van der Waals surface area contributed by atoms with Crippen LogP contribution in [-0.4, -0.2) is 36.3 Å². The number of nitrogens with zero attached hydrogens (tertiary/aromatic N) is 1. The molecule has 5 nitrogen and oxygen atoms in total. The Bertz CT molecular complexity index is 540. The monoisotopic (exact) mass is 353 g/mol. The van der Waals surface area contributed by atoms with E-state index in [1.165, 1.54) is 0 Å². The molecular formula is C18H28ClN3O2. The topological polar surface area (TPSA) is 75.4 Å². The lowest BCUT2D eigenvalue weighted by Crippen LogP contribution is -2.53. The van der Waals surface area contributed by atoms with Crippen LogP contribution in [0.15, 0.2) is 30.3 Å². The Morgan fingerprint density at radius 3 is 2.38 bits per heavy atom. The molecule has 0 bridgehead atoms. The van der Waals surface area contributed by atoms with Crippen molar-refractivity contribution in [2.45, 2.75) is 38.6 Å². The second kappa shape index (κ2) is 9.04. The van der Waals surface area contributed by atoms with Gasteiger partial charge in [-0.2, -0.15) is 0 Å². The summed E-state index contributed by atoms with van der Waals surface area (Å²) in [7, 11) is 0. The third-order valence-electron chi connectivity index (χ3n) is 4.52. The normalized spacial score (nSPS) is 17.5. The largest absolute Gasteiger partial charge is 0.356 e. The highest BCUT2D eigenvalue weighted by molar-refractivity contribution is 5.87. The molecule has 1 saturated heterocycles. The van der Waals surface area contributed by atoms with E-state index in [1.807, 2.05) is 37.3 Å². The smallest absolute Gasteiger partial charge is 0.246 e. The van der Waals surface area contributed by atoms with Crippen molar-refractivity contribution in [3.8, 4) is 0 Å². The molecule has 0 spiro atoms. The molecule has 1 aliphatic rings. The Labute approximate surface area is 150 Å². The highest BCUT2D eigenvalue weighted by Gasteiger charge is 2.36. The molecule has 1 aromatic carbocycles. The van der Waals surface area contributed by atoms with Crippen molar-refractivity contribution in [3.05, 3.63) is 35.9 Å². The van der Waals surface area contributed by atoms with Crippen LogP contribution in [-0.2, 0) is 15.1 Å². The molecular weight excluding hydrogens is 326 g/mol. The fourth-order valence-electron chi connectivity index (χ4n) is 2.97. The number of amides is 2. The molecule has 0 aliphatic carbocycles. The van der Waals surface area contributed by atoms with Crippen LogP contribution >= 0.6 is 12.4 Å². The molecule has 0 aromatic heterocycles. The minimum atomic E-state index is -1.03. The van der Waals surface area contributed by atoms with Gasteiger partial charge in [0.05, 0.1) is 0 Å². The zero-order valence-corrected chi connectivity index (χ0v) is 15.3. The summed E-state index contributed by atoms with van der Waals surface area (Å²) in [4.78, 5) is 26.6. The Hall–Kier alpha value is -1.59. The average Bonchev–Trinajstić information content (AvgIpc) is 2.59. The molecule has 0 saturated carbocycles. The molecule has 134 valence electrons.